The normalized spacial score (nSPS) is 10.6. The summed E-state index contributed by atoms with van der Waals surface area (Å²) in [6.07, 6.45) is 6.01. The first-order valence-corrected chi connectivity index (χ1v) is 9.89. The maximum Gasteiger partial charge on any atom is 0.297 e. The Morgan fingerprint density at radius 1 is 1.14 bits per heavy atom. The summed E-state index contributed by atoms with van der Waals surface area (Å²) in [5.41, 5.74) is 1.70. The van der Waals surface area contributed by atoms with Crippen molar-refractivity contribution in [2.24, 2.45) is 0 Å². The zero-order valence-electron chi connectivity index (χ0n) is 16.9. The molecule has 0 spiro atoms. The van der Waals surface area contributed by atoms with Gasteiger partial charge in [-0.2, -0.15) is 0 Å². The van der Waals surface area contributed by atoms with Crippen LogP contribution in [-0.2, 0) is 6.42 Å². The van der Waals surface area contributed by atoms with Crippen molar-refractivity contribution in [2.75, 3.05) is 25.6 Å². The summed E-state index contributed by atoms with van der Waals surface area (Å²) in [6, 6.07) is 15.5. The summed E-state index contributed by atoms with van der Waals surface area (Å²) < 4.78 is 12.7. The predicted octanol–water partition coefficient (Wildman–Crippen LogP) is 4.07. The van der Waals surface area contributed by atoms with Crippen molar-refractivity contribution in [1.82, 2.24) is 9.55 Å². The summed E-state index contributed by atoms with van der Waals surface area (Å²) in [5.74, 6) is 1.96. The molecule has 1 aromatic heterocycles. The number of hydrogen-bond donors (Lipinski definition) is 1. The highest BCUT2D eigenvalue weighted by Gasteiger charge is 2.09. The van der Waals surface area contributed by atoms with Crippen molar-refractivity contribution in [2.45, 2.75) is 26.2 Å². The maximum atomic E-state index is 12.8. The van der Waals surface area contributed by atoms with Crippen LogP contribution in [0.3, 0.4) is 0 Å². The Hall–Kier alpha value is -3.28. The summed E-state index contributed by atoms with van der Waals surface area (Å²) in [5, 5.41) is 3.11. The first-order chi connectivity index (χ1) is 14.2. The van der Waals surface area contributed by atoms with E-state index in [1.54, 1.807) is 24.1 Å². The molecule has 3 rings (SSSR count). The molecule has 0 saturated carbocycles. The minimum absolute atomic E-state index is 0.193. The van der Waals surface area contributed by atoms with Gasteiger partial charge in [0.25, 0.3) is 5.56 Å². The highest BCUT2D eigenvalue weighted by atomic mass is 16.5. The Labute approximate surface area is 171 Å². The Bertz CT molecular complexity index is 971. The van der Waals surface area contributed by atoms with Crippen LogP contribution in [0.1, 0.15) is 25.3 Å². The average Bonchev–Trinajstić information content (AvgIpc) is 2.76. The van der Waals surface area contributed by atoms with Crippen LogP contribution in [0.25, 0.3) is 5.69 Å². The molecule has 3 aromatic rings. The van der Waals surface area contributed by atoms with E-state index < -0.39 is 0 Å². The monoisotopic (exact) mass is 393 g/mol. The highest BCUT2D eigenvalue weighted by molar-refractivity contribution is 5.46. The molecule has 1 N–H and O–H groups in total. The third-order valence-electron chi connectivity index (χ3n) is 4.53. The second-order valence-corrected chi connectivity index (χ2v) is 6.64. The number of nitrogens with zero attached hydrogens (tertiary/aromatic N) is 2. The van der Waals surface area contributed by atoms with E-state index in [0.717, 1.165) is 42.0 Å². The molecular formula is C23H27N3O3. The van der Waals surface area contributed by atoms with Crippen LogP contribution in [0.4, 0.5) is 5.82 Å². The zero-order valence-corrected chi connectivity index (χ0v) is 16.9. The second kappa shape index (κ2) is 10.3. The lowest BCUT2D eigenvalue weighted by Crippen LogP contribution is -2.24. The lowest BCUT2D eigenvalue weighted by molar-refractivity contribution is 0.315. The molecule has 152 valence electrons. The van der Waals surface area contributed by atoms with Gasteiger partial charge in [0.05, 0.1) is 19.4 Å². The van der Waals surface area contributed by atoms with Crippen LogP contribution < -0.4 is 20.3 Å². The Balaban J connectivity index is 1.64. The van der Waals surface area contributed by atoms with Crippen molar-refractivity contribution in [1.29, 1.82) is 0 Å². The number of aromatic nitrogens is 2. The largest absolute Gasteiger partial charge is 0.496 e. The summed E-state index contributed by atoms with van der Waals surface area (Å²) in [4.78, 5) is 17.0. The summed E-state index contributed by atoms with van der Waals surface area (Å²) in [7, 11) is 1.65. The second-order valence-electron chi connectivity index (χ2n) is 6.64. The van der Waals surface area contributed by atoms with Gasteiger partial charge in [0.15, 0.2) is 5.82 Å². The predicted molar refractivity (Wildman–Crippen MR) is 115 cm³/mol. The van der Waals surface area contributed by atoms with E-state index >= 15 is 0 Å². The number of aryl methyl sites for hydroxylation is 1. The molecule has 0 unspecified atom stereocenters. The topological polar surface area (TPSA) is 65.4 Å². The van der Waals surface area contributed by atoms with Crippen LogP contribution in [0.2, 0.25) is 0 Å². The number of nitrogens with one attached hydrogen (secondary N) is 1. The molecule has 0 aliphatic rings. The van der Waals surface area contributed by atoms with E-state index in [1.807, 2.05) is 48.5 Å². The van der Waals surface area contributed by atoms with E-state index in [2.05, 4.69) is 17.2 Å². The third-order valence-corrected chi connectivity index (χ3v) is 4.53. The molecule has 6 nitrogen and oxygen atoms in total. The van der Waals surface area contributed by atoms with Gasteiger partial charge >= 0.3 is 0 Å². The molecule has 0 fully saturated rings. The van der Waals surface area contributed by atoms with E-state index in [-0.39, 0.29) is 5.56 Å². The fourth-order valence-electron chi connectivity index (χ4n) is 3.08. The van der Waals surface area contributed by atoms with E-state index in [1.165, 1.54) is 0 Å². The Morgan fingerprint density at radius 3 is 2.72 bits per heavy atom. The molecule has 29 heavy (non-hydrogen) atoms. The molecular weight excluding hydrogens is 366 g/mol. The fourth-order valence-corrected chi connectivity index (χ4v) is 3.08. The Kier molecular flexibility index (Phi) is 7.28. The van der Waals surface area contributed by atoms with E-state index in [4.69, 9.17) is 9.47 Å². The van der Waals surface area contributed by atoms with Gasteiger partial charge in [-0.1, -0.05) is 37.6 Å². The zero-order chi connectivity index (χ0) is 20.5. The van der Waals surface area contributed by atoms with Crippen molar-refractivity contribution >= 4 is 5.82 Å². The quantitative estimate of drug-likeness (QED) is 0.526. The van der Waals surface area contributed by atoms with Crippen molar-refractivity contribution in [3.8, 4) is 17.2 Å². The van der Waals surface area contributed by atoms with E-state index in [0.29, 0.717) is 19.0 Å². The standard InChI is InChI=1S/C23H27N3O3/c1-3-8-18-11-12-19(17-21(18)28-2)26-15-14-25-22(23(26)27)24-13-7-16-29-20-9-5-4-6-10-20/h4-6,9-12,14-15,17H,3,7-8,13,16H2,1-2H3,(H,24,25). The molecule has 0 amide bonds. The average molecular weight is 393 g/mol. The number of para-hydroxylation sites is 1. The minimum atomic E-state index is -0.193. The molecule has 0 bridgehead atoms. The number of benzene rings is 2. The van der Waals surface area contributed by atoms with Gasteiger partial charge < -0.3 is 14.8 Å². The lowest BCUT2D eigenvalue weighted by atomic mass is 10.1. The van der Waals surface area contributed by atoms with Crippen LogP contribution in [0.15, 0.2) is 65.7 Å². The molecule has 0 saturated heterocycles. The molecule has 1 heterocycles. The van der Waals surface area contributed by atoms with E-state index in [9.17, 15) is 4.79 Å². The maximum absolute atomic E-state index is 12.8. The van der Waals surface area contributed by atoms with Gasteiger partial charge in [-0.25, -0.2) is 4.98 Å². The van der Waals surface area contributed by atoms with Crippen LogP contribution in [0.5, 0.6) is 11.5 Å². The lowest BCUT2D eigenvalue weighted by Gasteiger charge is -2.13. The van der Waals surface area contributed by atoms with Crippen LogP contribution in [0, 0.1) is 0 Å². The smallest absolute Gasteiger partial charge is 0.297 e. The minimum Gasteiger partial charge on any atom is -0.496 e. The molecule has 0 aliphatic carbocycles. The van der Waals surface area contributed by atoms with Gasteiger partial charge in [0.2, 0.25) is 0 Å². The number of rotatable bonds is 10. The van der Waals surface area contributed by atoms with Gasteiger partial charge in [-0.05, 0) is 36.6 Å². The highest BCUT2D eigenvalue weighted by Crippen LogP contribution is 2.23. The van der Waals surface area contributed by atoms with Crippen molar-refractivity contribution in [3.63, 3.8) is 0 Å². The molecule has 0 aliphatic heterocycles. The molecule has 0 radical (unpaired) electrons. The SMILES string of the molecule is CCCc1ccc(-n2ccnc(NCCCOc3ccccc3)c2=O)cc1OC. The molecule has 6 heteroatoms. The molecule has 2 aromatic carbocycles. The number of anilines is 1. The number of hydrogen-bond acceptors (Lipinski definition) is 5. The van der Waals surface area contributed by atoms with Crippen LogP contribution in [-0.4, -0.2) is 29.8 Å². The van der Waals surface area contributed by atoms with Gasteiger partial charge in [0.1, 0.15) is 11.5 Å². The number of ether oxygens (including phenoxy) is 2. The van der Waals surface area contributed by atoms with Crippen molar-refractivity contribution in [3.05, 3.63) is 76.8 Å². The summed E-state index contributed by atoms with van der Waals surface area (Å²) >= 11 is 0. The van der Waals surface area contributed by atoms with Gasteiger partial charge in [-0.15, -0.1) is 0 Å². The molecule has 0 atom stereocenters. The first-order valence-electron chi connectivity index (χ1n) is 9.89. The van der Waals surface area contributed by atoms with Gasteiger partial charge in [0, 0.05) is 25.0 Å². The summed E-state index contributed by atoms with van der Waals surface area (Å²) in [6.45, 7) is 3.29. The first kappa shape index (κ1) is 20.5. The fraction of sp³-hybridized carbons (Fsp3) is 0.304. The Morgan fingerprint density at radius 2 is 1.97 bits per heavy atom. The van der Waals surface area contributed by atoms with Crippen LogP contribution >= 0.6 is 0 Å². The van der Waals surface area contributed by atoms with Gasteiger partial charge in [-0.3, -0.25) is 9.36 Å². The third kappa shape index (κ3) is 5.38. The number of methoxy groups -OCH3 is 1. The van der Waals surface area contributed by atoms with Crippen molar-refractivity contribution < 1.29 is 9.47 Å².